The zero-order valence-corrected chi connectivity index (χ0v) is 16.7. The van der Waals surface area contributed by atoms with Crippen LogP contribution in [0.3, 0.4) is 0 Å². The zero-order valence-electron chi connectivity index (χ0n) is 12.8. The molecule has 1 aromatic carbocycles. The zero-order chi connectivity index (χ0) is 15.1. The van der Waals surface area contributed by atoms with Gasteiger partial charge < -0.3 is 15.4 Å². The molecule has 0 radical (unpaired) electrons. The lowest BCUT2D eigenvalue weighted by Gasteiger charge is -2.27. The molecule has 0 aromatic heterocycles. The third-order valence-electron chi connectivity index (χ3n) is 3.31. The van der Waals surface area contributed by atoms with Crippen molar-refractivity contribution >= 4 is 53.3 Å². The average Bonchev–Trinajstić information content (AvgIpc) is 2.51. The van der Waals surface area contributed by atoms with Crippen LogP contribution in [0.25, 0.3) is 0 Å². The fourth-order valence-corrected chi connectivity index (χ4v) is 3.32. The summed E-state index contributed by atoms with van der Waals surface area (Å²) in [7, 11) is 0. The minimum absolute atomic E-state index is 0. The van der Waals surface area contributed by atoms with Gasteiger partial charge in [-0.05, 0) is 37.1 Å². The molecule has 0 bridgehead atoms. The molecule has 1 saturated heterocycles. The summed E-state index contributed by atoms with van der Waals surface area (Å²) >= 11 is 8.02. The van der Waals surface area contributed by atoms with Crippen LogP contribution in [-0.2, 0) is 6.42 Å². The summed E-state index contributed by atoms with van der Waals surface area (Å²) < 4.78 is 5.61. The molecule has 1 aromatic rings. The van der Waals surface area contributed by atoms with E-state index in [0.717, 1.165) is 47.4 Å². The first-order valence-corrected chi connectivity index (χ1v) is 8.78. The van der Waals surface area contributed by atoms with E-state index in [2.05, 4.69) is 9.89 Å². The highest BCUT2D eigenvalue weighted by Crippen LogP contribution is 2.23. The standard InChI is InChI=1S/C15H22ClN3OS.HI/c1-2-20-14-4-3-13(16)11-12(14)5-6-18-15(17)19-7-9-21-10-8-19;/h3-4,11H,2,5-10H2,1H3,(H2,17,18);1H. The number of benzene rings is 1. The minimum Gasteiger partial charge on any atom is -0.494 e. The largest absolute Gasteiger partial charge is 0.494 e. The Hall–Kier alpha value is -0.340. The summed E-state index contributed by atoms with van der Waals surface area (Å²) in [6.07, 6.45) is 0.777. The Morgan fingerprint density at radius 3 is 2.82 bits per heavy atom. The molecule has 2 N–H and O–H groups in total. The SMILES string of the molecule is CCOc1ccc(Cl)cc1CCN=C(N)N1CCSCC1.I. The van der Waals surface area contributed by atoms with Crippen molar-refractivity contribution in [2.24, 2.45) is 10.7 Å². The molecule has 0 unspecified atom stereocenters. The number of guanidine groups is 1. The molecule has 0 atom stereocenters. The van der Waals surface area contributed by atoms with Gasteiger partial charge in [0.15, 0.2) is 5.96 Å². The third-order valence-corrected chi connectivity index (χ3v) is 4.49. The molecule has 1 aliphatic rings. The Labute approximate surface area is 158 Å². The van der Waals surface area contributed by atoms with Gasteiger partial charge in [0.25, 0.3) is 0 Å². The van der Waals surface area contributed by atoms with Crippen molar-refractivity contribution in [2.75, 3.05) is 37.7 Å². The van der Waals surface area contributed by atoms with E-state index < -0.39 is 0 Å². The lowest BCUT2D eigenvalue weighted by Crippen LogP contribution is -2.42. The Balaban J connectivity index is 0.00000242. The van der Waals surface area contributed by atoms with Crippen LogP contribution < -0.4 is 10.5 Å². The van der Waals surface area contributed by atoms with Crippen LogP contribution in [0.1, 0.15) is 12.5 Å². The van der Waals surface area contributed by atoms with Gasteiger partial charge >= 0.3 is 0 Å². The highest BCUT2D eigenvalue weighted by molar-refractivity contribution is 14.0. The Bertz CT molecular complexity index is 496. The molecule has 22 heavy (non-hydrogen) atoms. The van der Waals surface area contributed by atoms with Crippen molar-refractivity contribution < 1.29 is 4.74 Å². The van der Waals surface area contributed by atoms with E-state index in [0.29, 0.717) is 19.1 Å². The second-order valence-corrected chi connectivity index (χ2v) is 6.44. The maximum atomic E-state index is 6.05. The van der Waals surface area contributed by atoms with Crippen molar-refractivity contribution in [3.8, 4) is 5.75 Å². The minimum atomic E-state index is 0. The number of nitrogens with zero attached hydrogens (tertiary/aromatic N) is 2. The summed E-state index contributed by atoms with van der Waals surface area (Å²) in [4.78, 5) is 6.64. The summed E-state index contributed by atoms with van der Waals surface area (Å²) in [5, 5.41) is 0.721. The topological polar surface area (TPSA) is 50.9 Å². The van der Waals surface area contributed by atoms with Crippen LogP contribution in [0.15, 0.2) is 23.2 Å². The molecule has 7 heteroatoms. The predicted octanol–water partition coefficient (Wildman–Crippen LogP) is 3.26. The third kappa shape index (κ3) is 6.04. The molecule has 1 aliphatic heterocycles. The van der Waals surface area contributed by atoms with Crippen LogP contribution in [0.5, 0.6) is 5.75 Å². The van der Waals surface area contributed by atoms with Crippen LogP contribution in [0.2, 0.25) is 5.02 Å². The van der Waals surface area contributed by atoms with Crippen LogP contribution in [-0.4, -0.2) is 48.6 Å². The second kappa shape index (κ2) is 10.4. The number of aliphatic imine (C=N–C) groups is 1. The van der Waals surface area contributed by atoms with Gasteiger partial charge in [-0.25, -0.2) is 0 Å². The van der Waals surface area contributed by atoms with Gasteiger partial charge in [0, 0.05) is 36.2 Å². The Morgan fingerprint density at radius 2 is 2.14 bits per heavy atom. The number of rotatable bonds is 5. The van der Waals surface area contributed by atoms with E-state index in [4.69, 9.17) is 22.1 Å². The fourth-order valence-electron chi connectivity index (χ4n) is 2.22. The van der Waals surface area contributed by atoms with Crippen molar-refractivity contribution in [1.29, 1.82) is 0 Å². The predicted molar refractivity (Wildman–Crippen MR) is 107 cm³/mol. The molecular formula is C15H23ClIN3OS. The van der Waals surface area contributed by atoms with Gasteiger partial charge in [-0.2, -0.15) is 11.8 Å². The highest BCUT2D eigenvalue weighted by atomic mass is 127. The molecule has 0 aliphatic carbocycles. The van der Waals surface area contributed by atoms with E-state index >= 15 is 0 Å². The smallest absolute Gasteiger partial charge is 0.191 e. The number of hydrogen-bond donors (Lipinski definition) is 1. The first-order chi connectivity index (χ1) is 10.2. The van der Waals surface area contributed by atoms with E-state index in [9.17, 15) is 0 Å². The van der Waals surface area contributed by atoms with E-state index in [1.165, 1.54) is 0 Å². The summed E-state index contributed by atoms with van der Waals surface area (Å²) in [6, 6.07) is 5.70. The first-order valence-electron chi connectivity index (χ1n) is 7.24. The summed E-state index contributed by atoms with van der Waals surface area (Å²) in [5.41, 5.74) is 7.13. The van der Waals surface area contributed by atoms with Crippen molar-refractivity contribution in [3.05, 3.63) is 28.8 Å². The molecule has 4 nitrogen and oxygen atoms in total. The number of nitrogens with two attached hydrogens (primary N) is 1. The Kier molecular flexibility index (Phi) is 9.35. The van der Waals surface area contributed by atoms with Gasteiger partial charge in [0.2, 0.25) is 0 Å². The van der Waals surface area contributed by atoms with Crippen LogP contribution >= 0.6 is 47.3 Å². The molecule has 0 spiro atoms. The molecule has 0 amide bonds. The molecule has 1 heterocycles. The van der Waals surface area contributed by atoms with Crippen molar-refractivity contribution in [1.82, 2.24) is 4.90 Å². The van der Waals surface area contributed by atoms with Crippen molar-refractivity contribution in [3.63, 3.8) is 0 Å². The maximum Gasteiger partial charge on any atom is 0.191 e. The Morgan fingerprint density at radius 1 is 1.41 bits per heavy atom. The summed E-state index contributed by atoms with van der Waals surface area (Å²) in [5.74, 6) is 3.78. The van der Waals surface area contributed by atoms with E-state index in [1.807, 2.05) is 36.9 Å². The molecular weight excluding hydrogens is 433 g/mol. The normalized spacial score (nSPS) is 15.4. The quantitative estimate of drug-likeness (QED) is 0.421. The van der Waals surface area contributed by atoms with Gasteiger partial charge in [0.1, 0.15) is 5.75 Å². The van der Waals surface area contributed by atoms with E-state index in [-0.39, 0.29) is 24.0 Å². The lowest BCUT2D eigenvalue weighted by atomic mass is 10.1. The fraction of sp³-hybridized carbons (Fsp3) is 0.533. The van der Waals surface area contributed by atoms with Gasteiger partial charge in [0.05, 0.1) is 6.61 Å². The van der Waals surface area contributed by atoms with Crippen LogP contribution in [0.4, 0.5) is 0 Å². The average molecular weight is 456 g/mol. The number of hydrogen-bond acceptors (Lipinski definition) is 3. The first kappa shape index (κ1) is 19.7. The maximum absolute atomic E-state index is 6.05. The van der Waals surface area contributed by atoms with Crippen LogP contribution in [0, 0.1) is 0 Å². The van der Waals surface area contributed by atoms with Gasteiger partial charge in [-0.15, -0.1) is 24.0 Å². The van der Waals surface area contributed by atoms with Crippen molar-refractivity contribution in [2.45, 2.75) is 13.3 Å². The monoisotopic (exact) mass is 455 g/mol. The summed E-state index contributed by atoms with van der Waals surface area (Å²) in [6.45, 7) is 5.24. The molecule has 1 fully saturated rings. The lowest BCUT2D eigenvalue weighted by molar-refractivity contribution is 0.336. The number of thioether (sulfide) groups is 1. The number of ether oxygens (including phenoxy) is 1. The van der Waals surface area contributed by atoms with E-state index in [1.54, 1.807) is 0 Å². The molecule has 2 rings (SSSR count). The second-order valence-electron chi connectivity index (χ2n) is 4.77. The molecule has 0 saturated carbocycles. The molecule has 124 valence electrons. The van der Waals surface area contributed by atoms with Gasteiger partial charge in [-0.3, -0.25) is 4.99 Å². The van der Waals surface area contributed by atoms with Gasteiger partial charge in [-0.1, -0.05) is 11.6 Å². The highest BCUT2D eigenvalue weighted by Gasteiger charge is 2.12. The number of halogens is 2.